The molecule has 0 aliphatic carbocycles. The molecular formula is C22H29N5O. The Kier molecular flexibility index (Phi) is 5.57. The van der Waals surface area contributed by atoms with Gasteiger partial charge < -0.3 is 15.5 Å². The molecule has 148 valence electrons. The molecule has 1 atom stereocenters. The molecule has 6 nitrogen and oxygen atoms in total. The molecule has 1 spiro atoms. The van der Waals surface area contributed by atoms with Gasteiger partial charge in [0, 0.05) is 25.0 Å². The molecule has 2 N–H and O–H groups in total. The second-order valence-corrected chi connectivity index (χ2v) is 8.27. The van der Waals surface area contributed by atoms with E-state index in [2.05, 4.69) is 50.1 Å². The van der Waals surface area contributed by atoms with E-state index in [4.69, 9.17) is 5.73 Å². The Bertz CT molecular complexity index is 812. The second kappa shape index (κ2) is 8.27. The number of primary amides is 1. The van der Waals surface area contributed by atoms with Crippen molar-refractivity contribution in [2.45, 2.75) is 32.1 Å². The minimum atomic E-state index is -0.523. The lowest BCUT2D eigenvalue weighted by molar-refractivity contribution is 0.0995. The lowest BCUT2D eigenvalue weighted by Crippen LogP contribution is -2.45. The van der Waals surface area contributed by atoms with Crippen LogP contribution in [-0.2, 0) is 6.42 Å². The van der Waals surface area contributed by atoms with Gasteiger partial charge in [0.15, 0.2) is 0 Å². The quantitative estimate of drug-likeness (QED) is 0.835. The minimum absolute atomic E-state index is 0.240. The van der Waals surface area contributed by atoms with Gasteiger partial charge in [-0.2, -0.15) is 0 Å². The number of hydrogen-bond acceptors (Lipinski definition) is 5. The fourth-order valence-electron chi connectivity index (χ4n) is 4.74. The molecule has 6 heteroatoms. The standard InChI is InChI=1S/C22H29N5O/c23-21(28)19-14-24-15-20(25-19)27-13-10-22(17-27)9-5-12-26(16-22)11-4-8-18-6-2-1-3-7-18/h1-3,6-7,14-15H,4-5,8-13,16-17H2,(H2,23,28). The van der Waals surface area contributed by atoms with Gasteiger partial charge in [0.05, 0.1) is 12.4 Å². The van der Waals surface area contributed by atoms with Gasteiger partial charge >= 0.3 is 0 Å². The van der Waals surface area contributed by atoms with Crippen molar-refractivity contribution in [3.05, 3.63) is 54.0 Å². The number of benzene rings is 1. The third-order valence-corrected chi connectivity index (χ3v) is 6.16. The van der Waals surface area contributed by atoms with Crippen LogP contribution in [0.3, 0.4) is 0 Å². The summed E-state index contributed by atoms with van der Waals surface area (Å²) in [5, 5.41) is 0. The number of hydrogen-bond donors (Lipinski definition) is 1. The van der Waals surface area contributed by atoms with E-state index < -0.39 is 5.91 Å². The maximum Gasteiger partial charge on any atom is 0.268 e. The Morgan fingerprint density at radius 2 is 1.96 bits per heavy atom. The van der Waals surface area contributed by atoms with Crippen LogP contribution in [-0.4, -0.2) is 53.5 Å². The van der Waals surface area contributed by atoms with Gasteiger partial charge in [0.25, 0.3) is 5.91 Å². The first-order valence-corrected chi connectivity index (χ1v) is 10.3. The van der Waals surface area contributed by atoms with E-state index in [0.29, 0.717) is 5.41 Å². The molecule has 0 radical (unpaired) electrons. The molecule has 2 aliphatic heterocycles. The van der Waals surface area contributed by atoms with Crippen LogP contribution in [0.5, 0.6) is 0 Å². The molecule has 3 heterocycles. The van der Waals surface area contributed by atoms with Gasteiger partial charge in [-0.15, -0.1) is 0 Å². The van der Waals surface area contributed by atoms with Crippen molar-refractivity contribution in [3.63, 3.8) is 0 Å². The average Bonchev–Trinajstić information content (AvgIpc) is 3.12. The molecular weight excluding hydrogens is 350 g/mol. The lowest BCUT2D eigenvalue weighted by atomic mass is 9.79. The molecule has 1 aromatic heterocycles. The fraction of sp³-hybridized carbons (Fsp3) is 0.500. The van der Waals surface area contributed by atoms with Crippen LogP contribution >= 0.6 is 0 Å². The first-order valence-electron chi connectivity index (χ1n) is 10.3. The molecule has 0 bridgehead atoms. The highest BCUT2D eigenvalue weighted by Gasteiger charge is 2.41. The van der Waals surface area contributed by atoms with Crippen molar-refractivity contribution >= 4 is 11.7 Å². The summed E-state index contributed by atoms with van der Waals surface area (Å²) in [7, 11) is 0. The Hall–Kier alpha value is -2.47. The van der Waals surface area contributed by atoms with Gasteiger partial charge in [-0.25, -0.2) is 4.98 Å². The van der Waals surface area contributed by atoms with Crippen molar-refractivity contribution in [1.29, 1.82) is 0 Å². The average molecular weight is 380 g/mol. The highest BCUT2D eigenvalue weighted by atomic mass is 16.1. The van der Waals surface area contributed by atoms with Crippen molar-refractivity contribution in [2.24, 2.45) is 11.1 Å². The highest BCUT2D eigenvalue weighted by Crippen LogP contribution is 2.40. The zero-order valence-corrected chi connectivity index (χ0v) is 16.4. The summed E-state index contributed by atoms with van der Waals surface area (Å²) in [6.07, 6.45) is 9.22. The summed E-state index contributed by atoms with van der Waals surface area (Å²) >= 11 is 0. The van der Waals surface area contributed by atoms with Gasteiger partial charge in [-0.3, -0.25) is 9.78 Å². The smallest absolute Gasteiger partial charge is 0.268 e. The van der Waals surface area contributed by atoms with Crippen LogP contribution < -0.4 is 10.6 Å². The van der Waals surface area contributed by atoms with E-state index >= 15 is 0 Å². The molecule has 0 saturated carbocycles. The molecule has 2 fully saturated rings. The summed E-state index contributed by atoms with van der Waals surface area (Å²) in [4.78, 5) is 24.9. The van der Waals surface area contributed by atoms with Gasteiger partial charge in [-0.05, 0) is 50.8 Å². The van der Waals surface area contributed by atoms with E-state index in [1.54, 1.807) is 6.20 Å². The van der Waals surface area contributed by atoms with E-state index in [1.165, 1.54) is 44.0 Å². The topological polar surface area (TPSA) is 75.4 Å². The van der Waals surface area contributed by atoms with Crippen LogP contribution in [0.1, 0.15) is 41.7 Å². The number of aromatic nitrogens is 2. The zero-order valence-electron chi connectivity index (χ0n) is 16.4. The SMILES string of the molecule is NC(=O)c1cncc(N2CCC3(CCCN(CCCc4ccccc4)C3)C2)n1. The third kappa shape index (κ3) is 4.33. The monoisotopic (exact) mass is 379 g/mol. The first-order chi connectivity index (χ1) is 13.6. The Labute approximate surface area is 166 Å². The van der Waals surface area contributed by atoms with Crippen LogP contribution in [0.4, 0.5) is 5.82 Å². The minimum Gasteiger partial charge on any atom is -0.364 e. The summed E-state index contributed by atoms with van der Waals surface area (Å²) < 4.78 is 0. The second-order valence-electron chi connectivity index (χ2n) is 8.27. The van der Waals surface area contributed by atoms with Crippen LogP contribution in [0, 0.1) is 5.41 Å². The van der Waals surface area contributed by atoms with E-state index in [9.17, 15) is 4.79 Å². The maximum atomic E-state index is 11.4. The molecule has 2 aliphatic rings. The highest BCUT2D eigenvalue weighted by molar-refractivity contribution is 5.90. The summed E-state index contributed by atoms with van der Waals surface area (Å²) in [6, 6.07) is 10.7. The molecule has 1 unspecified atom stereocenters. The third-order valence-electron chi connectivity index (χ3n) is 6.16. The van der Waals surface area contributed by atoms with E-state index in [1.807, 2.05) is 0 Å². The Balaban J connectivity index is 1.34. The number of nitrogens with two attached hydrogens (primary N) is 1. The summed E-state index contributed by atoms with van der Waals surface area (Å²) in [5.74, 6) is 0.250. The predicted octanol–water partition coefficient (Wildman–Crippen LogP) is 2.50. The molecule has 2 saturated heterocycles. The van der Waals surface area contributed by atoms with Gasteiger partial charge in [-0.1, -0.05) is 30.3 Å². The van der Waals surface area contributed by atoms with Crippen LogP contribution in [0.15, 0.2) is 42.7 Å². The number of carbonyl (C=O) groups excluding carboxylic acids is 1. The molecule has 4 rings (SSSR count). The fourth-order valence-corrected chi connectivity index (χ4v) is 4.74. The van der Waals surface area contributed by atoms with E-state index in [0.717, 1.165) is 38.4 Å². The number of carbonyl (C=O) groups is 1. The summed E-state index contributed by atoms with van der Waals surface area (Å²) in [6.45, 7) is 5.47. The van der Waals surface area contributed by atoms with Crippen LogP contribution in [0.25, 0.3) is 0 Å². The largest absolute Gasteiger partial charge is 0.364 e. The normalized spacial score (nSPS) is 22.6. The number of amides is 1. The molecule has 2 aromatic rings. The predicted molar refractivity (Wildman–Crippen MR) is 110 cm³/mol. The first kappa shape index (κ1) is 18.9. The Morgan fingerprint density at radius 1 is 1.11 bits per heavy atom. The number of aryl methyl sites for hydroxylation is 1. The number of anilines is 1. The summed E-state index contributed by atoms with van der Waals surface area (Å²) in [5.41, 5.74) is 7.35. The van der Waals surface area contributed by atoms with Crippen molar-refractivity contribution in [3.8, 4) is 0 Å². The molecule has 1 amide bonds. The molecule has 1 aromatic carbocycles. The number of nitrogens with zero attached hydrogens (tertiary/aromatic N) is 4. The van der Waals surface area contributed by atoms with Crippen LogP contribution in [0.2, 0.25) is 0 Å². The van der Waals surface area contributed by atoms with Gasteiger partial charge in [0.2, 0.25) is 0 Å². The number of piperidine rings is 1. The number of rotatable bonds is 6. The Morgan fingerprint density at radius 3 is 2.79 bits per heavy atom. The van der Waals surface area contributed by atoms with Crippen molar-refractivity contribution in [1.82, 2.24) is 14.9 Å². The maximum absolute atomic E-state index is 11.4. The number of likely N-dealkylation sites (tertiary alicyclic amines) is 1. The van der Waals surface area contributed by atoms with Crippen molar-refractivity contribution in [2.75, 3.05) is 37.6 Å². The lowest BCUT2D eigenvalue weighted by Gasteiger charge is -2.40. The van der Waals surface area contributed by atoms with E-state index in [-0.39, 0.29) is 5.69 Å². The van der Waals surface area contributed by atoms with Gasteiger partial charge in [0.1, 0.15) is 11.5 Å². The van der Waals surface area contributed by atoms with Crippen molar-refractivity contribution < 1.29 is 4.79 Å². The zero-order chi connectivity index (χ0) is 19.4. The molecule has 28 heavy (non-hydrogen) atoms.